The van der Waals surface area contributed by atoms with E-state index in [1.165, 1.54) is 25.7 Å². The molecule has 0 unspecified atom stereocenters. The maximum Gasteiger partial charge on any atom is 0.251 e. The van der Waals surface area contributed by atoms with Gasteiger partial charge in [-0.25, -0.2) is 0 Å². The summed E-state index contributed by atoms with van der Waals surface area (Å²) in [6.07, 6.45) is 5.08. The number of carbonyl (C=O) groups is 1. The van der Waals surface area contributed by atoms with Gasteiger partial charge in [-0.05, 0) is 73.9 Å². The minimum Gasteiger partial charge on any atom is -0.457 e. The molecule has 3 nitrogen and oxygen atoms in total. The highest BCUT2D eigenvalue weighted by atomic mass is 16.5. The molecule has 1 amide bonds. The molecule has 0 aromatic heterocycles. The molecule has 1 N–H and O–H groups in total. The lowest BCUT2D eigenvalue weighted by Gasteiger charge is -2.17. The molecule has 0 atom stereocenters. The first kappa shape index (κ1) is 14.3. The second kappa shape index (κ2) is 6.07. The van der Waals surface area contributed by atoms with E-state index in [-0.39, 0.29) is 5.91 Å². The van der Waals surface area contributed by atoms with E-state index in [0.29, 0.717) is 23.4 Å². The average Bonchev–Trinajstić information content (AvgIpc) is 3.48. The second-order valence-corrected chi connectivity index (χ2v) is 6.61. The number of carbonyl (C=O) groups excluding carboxylic acids is 1. The first-order chi connectivity index (χ1) is 11.3. The molecule has 3 heteroatoms. The summed E-state index contributed by atoms with van der Waals surface area (Å²) in [5.74, 6) is 3.01. The van der Waals surface area contributed by atoms with Crippen LogP contribution in [0.4, 0.5) is 0 Å². The lowest BCUT2D eigenvalue weighted by molar-refractivity contribution is 0.0926. The molecule has 0 bridgehead atoms. The van der Waals surface area contributed by atoms with Crippen molar-refractivity contribution < 1.29 is 9.53 Å². The Balaban J connectivity index is 1.40. The molecule has 2 saturated carbocycles. The van der Waals surface area contributed by atoms with Crippen LogP contribution in [-0.2, 0) is 0 Å². The van der Waals surface area contributed by atoms with E-state index >= 15 is 0 Å². The van der Waals surface area contributed by atoms with Crippen LogP contribution in [0.2, 0.25) is 0 Å². The molecule has 23 heavy (non-hydrogen) atoms. The van der Waals surface area contributed by atoms with Gasteiger partial charge >= 0.3 is 0 Å². The van der Waals surface area contributed by atoms with E-state index in [4.69, 9.17) is 4.74 Å². The van der Waals surface area contributed by atoms with E-state index in [1.54, 1.807) is 0 Å². The third-order valence-electron chi connectivity index (χ3n) is 4.65. The third-order valence-corrected chi connectivity index (χ3v) is 4.65. The molecular weight excluding hydrogens is 286 g/mol. The fourth-order valence-corrected chi connectivity index (χ4v) is 3.06. The average molecular weight is 307 g/mol. The van der Waals surface area contributed by atoms with Crippen LogP contribution >= 0.6 is 0 Å². The molecule has 0 radical (unpaired) electrons. The van der Waals surface area contributed by atoms with Gasteiger partial charge in [-0.3, -0.25) is 4.79 Å². The summed E-state index contributed by atoms with van der Waals surface area (Å²) in [6.45, 7) is 0. The van der Waals surface area contributed by atoms with Crippen LogP contribution < -0.4 is 10.1 Å². The molecule has 2 aliphatic carbocycles. The number of benzene rings is 2. The standard InChI is InChI=1S/C20H21NO2/c22-20(21-19(14-6-7-14)15-8-9-15)16-10-12-18(13-11-16)23-17-4-2-1-3-5-17/h1-5,10-15,19H,6-9H2,(H,21,22). The Morgan fingerprint density at radius 2 is 1.43 bits per heavy atom. The zero-order valence-corrected chi connectivity index (χ0v) is 13.1. The minimum atomic E-state index is 0.0417. The van der Waals surface area contributed by atoms with E-state index in [1.807, 2.05) is 54.6 Å². The SMILES string of the molecule is O=C(NC(C1CC1)C1CC1)c1ccc(Oc2ccccc2)cc1. The summed E-state index contributed by atoms with van der Waals surface area (Å²) >= 11 is 0. The summed E-state index contributed by atoms with van der Waals surface area (Å²) < 4.78 is 5.76. The number of hydrogen-bond donors (Lipinski definition) is 1. The van der Waals surface area contributed by atoms with Gasteiger partial charge in [0.1, 0.15) is 11.5 Å². The maximum absolute atomic E-state index is 12.4. The van der Waals surface area contributed by atoms with Gasteiger partial charge in [0.15, 0.2) is 0 Å². The Kier molecular flexibility index (Phi) is 3.78. The Labute approximate surface area is 136 Å². The highest BCUT2D eigenvalue weighted by Crippen LogP contribution is 2.44. The quantitative estimate of drug-likeness (QED) is 0.859. The van der Waals surface area contributed by atoms with Crippen LogP contribution in [0, 0.1) is 11.8 Å². The molecule has 2 aliphatic rings. The molecule has 0 spiro atoms. The Hall–Kier alpha value is -2.29. The number of para-hydroxylation sites is 1. The van der Waals surface area contributed by atoms with Crippen molar-refractivity contribution in [1.82, 2.24) is 5.32 Å². The van der Waals surface area contributed by atoms with Crippen LogP contribution in [0.5, 0.6) is 11.5 Å². The predicted molar refractivity (Wildman–Crippen MR) is 89.7 cm³/mol. The Bertz CT molecular complexity index is 661. The summed E-state index contributed by atoms with van der Waals surface area (Å²) in [5.41, 5.74) is 0.705. The molecule has 2 aromatic carbocycles. The number of nitrogens with one attached hydrogen (secondary N) is 1. The van der Waals surface area contributed by atoms with Crippen molar-refractivity contribution >= 4 is 5.91 Å². The molecule has 2 fully saturated rings. The zero-order valence-electron chi connectivity index (χ0n) is 13.1. The molecule has 0 heterocycles. The van der Waals surface area contributed by atoms with Crippen molar-refractivity contribution in [1.29, 1.82) is 0 Å². The van der Waals surface area contributed by atoms with Crippen LogP contribution in [0.25, 0.3) is 0 Å². The molecule has 4 rings (SSSR count). The zero-order chi connectivity index (χ0) is 15.6. The van der Waals surface area contributed by atoms with Gasteiger partial charge in [-0.1, -0.05) is 18.2 Å². The topological polar surface area (TPSA) is 38.3 Å². The van der Waals surface area contributed by atoms with Crippen molar-refractivity contribution in [2.24, 2.45) is 11.8 Å². The molecular formula is C20H21NO2. The van der Waals surface area contributed by atoms with E-state index in [0.717, 1.165) is 11.5 Å². The van der Waals surface area contributed by atoms with Gasteiger partial charge < -0.3 is 10.1 Å². The Morgan fingerprint density at radius 3 is 2.00 bits per heavy atom. The first-order valence-electron chi connectivity index (χ1n) is 8.43. The van der Waals surface area contributed by atoms with E-state index in [2.05, 4.69) is 5.32 Å². The maximum atomic E-state index is 12.4. The highest BCUT2D eigenvalue weighted by Gasteiger charge is 2.42. The second-order valence-electron chi connectivity index (χ2n) is 6.61. The fourth-order valence-electron chi connectivity index (χ4n) is 3.06. The lowest BCUT2D eigenvalue weighted by atomic mass is 10.1. The Morgan fingerprint density at radius 1 is 0.870 bits per heavy atom. The smallest absolute Gasteiger partial charge is 0.251 e. The monoisotopic (exact) mass is 307 g/mol. The largest absolute Gasteiger partial charge is 0.457 e. The van der Waals surface area contributed by atoms with Crippen LogP contribution in [-0.4, -0.2) is 11.9 Å². The lowest BCUT2D eigenvalue weighted by Crippen LogP contribution is -2.38. The number of ether oxygens (including phenoxy) is 1. The summed E-state index contributed by atoms with van der Waals surface area (Å²) in [5, 5.41) is 3.25. The van der Waals surface area contributed by atoms with Crippen molar-refractivity contribution in [3.63, 3.8) is 0 Å². The van der Waals surface area contributed by atoms with Crippen molar-refractivity contribution in [3.05, 3.63) is 60.2 Å². The summed E-state index contributed by atoms with van der Waals surface area (Å²) in [4.78, 5) is 12.4. The number of hydrogen-bond acceptors (Lipinski definition) is 2. The minimum absolute atomic E-state index is 0.0417. The van der Waals surface area contributed by atoms with Crippen molar-refractivity contribution in [2.75, 3.05) is 0 Å². The van der Waals surface area contributed by atoms with Gasteiger partial charge in [0, 0.05) is 11.6 Å². The third kappa shape index (κ3) is 3.55. The normalized spacial score (nSPS) is 17.1. The summed E-state index contributed by atoms with van der Waals surface area (Å²) in [7, 11) is 0. The summed E-state index contributed by atoms with van der Waals surface area (Å²) in [6, 6.07) is 17.4. The fraction of sp³-hybridized carbons (Fsp3) is 0.350. The van der Waals surface area contributed by atoms with Crippen LogP contribution in [0.1, 0.15) is 36.0 Å². The van der Waals surface area contributed by atoms with Crippen LogP contribution in [0.3, 0.4) is 0 Å². The molecule has 0 saturated heterocycles. The molecule has 0 aliphatic heterocycles. The van der Waals surface area contributed by atoms with Crippen LogP contribution in [0.15, 0.2) is 54.6 Å². The van der Waals surface area contributed by atoms with Gasteiger partial charge in [0.05, 0.1) is 0 Å². The van der Waals surface area contributed by atoms with E-state index in [9.17, 15) is 4.79 Å². The first-order valence-corrected chi connectivity index (χ1v) is 8.43. The van der Waals surface area contributed by atoms with Gasteiger partial charge in [-0.15, -0.1) is 0 Å². The highest BCUT2D eigenvalue weighted by molar-refractivity contribution is 5.94. The number of amides is 1. The number of rotatable bonds is 6. The molecule has 2 aromatic rings. The van der Waals surface area contributed by atoms with Crippen molar-refractivity contribution in [2.45, 2.75) is 31.7 Å². The van der Waals surface area contributed by atoms with E-state index < -0.39 is 0 Å². The van der Waals surface area contributed by atoms with Gasteiger partial charge in [0.25, 0.3) is 5.91 Å². The predicted octanol–water partition coefficient (Wildman–Crippen LogP) is 4.40. The van der Waals surface area contributed by atoms with Gasteiger partial charge in [0.2, 0.25) is 0 Å². The van der Waals surface area contributed by atoms with Gasteiger partial charge in [-0.2, -0.15) is 0 Å². The molecule has 118 valence electrons. The van der Waals surface area contributed by atoms with Crippen molar-refractivity contribution in [3.8, 4) is 11.5 Å².